The van der Waals surface area contributed by atoms with Gasteiger partial charge in [-0.05, 0) is 26.8 Å². The number of carboxylic acid groups (broad SMARTS) is 1. The minimum atomic E-state index is -1.07. The molecule has 0 saturated carbocycles. The fourth-order valence-electron chi connectivity index (χ4n) is 2.69. The number of ether oxygens (including phenoxy) is 3. The zero-order valence-corrected chi connectivity index (χ0v) is 15.8. The number of benzene rings is 1. The van der Waals surface area contributed by atoms with Gasteiger partial charge in [-0.25, -0.2) is 9.59 Å². The molecule has 0 aliphatic carbocycles. The largest absolute Gasteiger partial charge is 0.497 e. The molecule has 8 nitrogen and oxygen atoms in total. The molecule has 1 aliphatic heterocycles. The van der Waals surface area contributed by atoms with Crippen molar-refractivity contribution in [2.45, 2.75) is 38.5 Å². The molecule has 0 bridgehead atoms. The third-order valence-corrected chi connectivity index (χ3v) is 4.09. The predicted molar refractivity (Wildman–Crippen MR) is 94.6 cm³/mol. The van der Waals surface area contributed by atoms with Gasteiger partial charge in [0.05, 0.1) is 27.3 Å². The van der Waals surface area contributed by atoms with E-state index in [-0.39, 0.29) is 13.1 Å². The Bertz CT molecular complexity index is 677. The molecule has 1 aromatic rings. The standard InChI is InChI=1S/C18H26N2O6/c1-17(2,3)26-15(21)18(10-20(11-18)16(22)23)19-9-12-6-7-13(24-4)8-14(12)25-5/h6-8,19H,9-11H2,1-5H3,(H,22,23). The second kappa shape index (κ2) is 7.41. The molecule has 1 amide bonds. The van der Waals surface area contributed by atoms with Crippen molar-refractivity contribution in [2.24, 2.45) is 0 Å². The molecule has 1 aromatic carbocycles. The minimum Gasteiger partial charge on any atom is -0.497 e. The van der Waals surface area contributed by atoms with Crippen molar-refractivity contribution < 1.29 is 28.9 Å². The number of nitrogens with one attached hydrogen (secondary N) is 1. The lowest BCUT2D eigenvalue weighted by molar-refractivity contribution is -0.170. The summed E-state index contributed by atoms with van der Waals surface area (Å²) >= 11 is 0. The van der Waals surface area contributed by atoms with Crippen LogP contribution in [0.15, 0.2) is 18.2 Å². The molecule has 0 unspecified atom stereocenters. The van der Waals surface area contributed by atoms with Crippen LogP contribution >= 0.6 is 0 Å². The monoisotopic (exact) mass is 366 g/mol. The van der Waals surface area contributed by atoms with E-state index < -0.39 is 23.2 Å². The molecular formula is C18H26N2O6. The normalized spacial score (nSPS) is 15.8. The van der Waals surface area contributed by atoms with Gasteiger partial charge in [0.15, 0.2) is 5.54 Å². The van der Waals surface area contributed by atoms with Crippen LogP contribution in [0, 0.1) is 0 Å². The highest BCUT2D eigenvalue weighted by molar-refractivity contribution is 5.85. The first-order valence-corrected chi connectivity index (χ1v) is 8.27. The Labute approximate surface area is 153 Å². The van der Waals surface area contributed by atoms with Gasteiger partial charge >= 0.3 is 12.1 Å². The van der Waals surface area contributed by atoms with E-state index in [0.29, 0.717) is 18.0 Å². The van der Waals surface area contributed by atoms with Crippen LogP contribution in [0.2, 0.25) is 0 Å². The Hall–Kier alpha value is -2.48. The number of methoxy groups -OCH3 is 2. The quantitative estimate of drug-likeness (QED) is 0.742. The van der Waals surface area contributed by atoms with E-state index in [1.165, 1.54) is 4.90 Å². The molecule has 2 N–H and O–H groups in total. The number of esters is 1. The Kier molecular flexibility index (Phi) is 5.65. The molecule has 0 aromatic heterocycles. The number of nitrogens with zero attached hydrogens (tertiary/aromatic N) is 1. The minimum absolute atomic E-state index is 0.0374. The van der Waals surface area contributed by atoms with Gasteiger partial charge in [0, 0.05) is 18.2 Å². The molecule has 1 heterocycles. The predicted octanol–water partition coefficient (Wildman–Crippen LogP) is 1.87. The van der Waals surface area contributed by atoms with Crippen molar-refractivity contribution in [3.05, 3.63) is 23.8 Å². The van der Waals surface area contributed by atoms with Gasteiger partial charge in [-0.1, -0.05) is 6.07 Å². The summed E-state index contributed by atoms with van der Waals surface area (Å²) in [5.41, 5.74) is -0.908. The number of amides is 1. The van der Waals surface area contributed by atoms with Crippen LogP contribution < -0.4 is 14.8 Å². The fraction of sp³-hybridized carbons (Fsp3) is 0.556. The number of likely N-dealkylation sites (tertiary alicyclic amines) is 1. The Morgan fingerprint density at radius 3 is 2.38 bits per heavy atom. The summed E-state index contributed by atoms with van der Waals surface area (Å²) in [6, 6.07) is 5.38. The molecule has 0 atom stereocenters. The first-order chi connectivity index (χ1) is 12.1. The van der Waals surface area contributed by atoms with Crippen LogP contribution in [0.5, 0.6) is 11.5 Å². The molecule has 0 radical (unpaired) electrons. The van der Waals surface area contributed by atoms with Crippen molar-refractivity contribution >= 4 is 12.1 Å². The Morgan fingerprint density at radius 2 is 1.88 bits per heavy atom. The molecule has 1 saturated heterocycles. The van der Waals surface area contributed by atoms with Crippen molar-refractivity contribution in [2.75, 3.05) is 27.3 Å². The average molecular weight is 366 g/mol. The summed E-state index contributed by atoms with van der Waals surface area (Å²) in [5, 5.41) is 12.3. The molecule has 1 aliphatic rings. The summed E-state index contributed by atoms with van der Waals surface area (Å²) in [5.74, 6) is 0.814. The van der Waals surface area contributed by atoms with Crippen molar-refractivity contribution in [1.29, 1.82) is 0 Å². The van der Waals surface area contributed by atoms with Crippen LogP contribution in [0.25, 0.3) is 0 Å². The van der Waals surface area contributed by atoms with E-state index in [0.717, 1.165) is 5.56 Å². The van der Waals surface area contributed by atoms with E-state index in [9.17, 15) is 9.59 Å². The van der Waals surface area contributed by atoms with Gasteiger partial charge in [0.1, 0.15) is 17.1 Å². The molecule has 0 spiro atoms. The van der Waals surface area contributed by atoms with Crippen LogP contribution in [0.4, 0.5) is 4.79 Å². The first kappa shape index (κ1) is 19.8. The first-order valence-electron chi connectivity index (χ1n) is 8.27. The number of carbonyl (C=O) groups is 2. The van der Waals surface area contributed by atoms with E-state index >= 15 is 0 Å². The SMILES string of the molecule is COc1ccc(CNC2(C(=O)OC(C)(C)C)CN(C(=O)O)C2)c(OC)c1. The highest BCUT2D eigenvalue weighted by Gasteiger charge is 2.53. The second-order valence-corrected chi connectivity index (χ2v) is 7.25. The van der Waals surface area contributed by atoms with E-state index in [1.54, 1.807) is 47.1 Å². The summed E-state index contributed by atoms with van der Waals surface area (Å²) in [7, 11) is 3.12. The van der Waals surface area contributed by atoms with Gasteiger partial charge in [-0.15, -0.1) is 0 Å². The summed E-state index contributed by atoms with van der Waals surface area (Å²) in [6.07, 6.45) is -1.06. The van der Waals surface area contributed by atoms with Gasteiger partial charge in [-0.3, -0.25) is 5.32 Å². The second-order valence-electron chi connectivity index (χ2n) is 7.25. The zero-order chi connectivity index (χ0) is 19.5. The number of hydrogen-bond donors (Lipinski definition) is 2. The lowest BCUT2D eigenvalue weighted by Gasteiger charge is -2.47. The Morgan fingerprint density at radius 1 is 1.23 bits per heavy atom. The molecule has 1 fully saturated rings. The van der Waals surface area contributed by atoms with Crippen LogP contribution in [-0.4, -0.2) is 60.5 Å². The maximum absolute atomic E-state index is 12.7. The van der Waals surface area contributed by atoms with E-state index in [4.69, 9.17) is 19.3 Å². The maximum Gasteiger partial charge on any atom is 0.407 e. The third-order valence-electron chi connectivity index (χ3n) is 4.09. The average Bonchev–Trinajstić information content (AvgIpc) is 2.51. The van der Waals surface area contributed by atoms with Crippen LogP contribution in [-0.2, 0) is 16.1 Å². The Balaban J connectivity index is 2.16. The molecule has 26 heavy (non-hydrogen) atoms. The van der Waals surface area contributed by atoms with Gasteiger partial charge in [0.2, 0.25) is 0 Å². The lowest BCUT2D eigenvalue weighted by atomic mass is 9.89. The molecule has 144 valence electrons. The topological polar surface area (TPSA) is 97.3 Å². The lowest BCUT2D eigenvalue weighted by Crippen LogP contribution is -2.74. The van der Waals surface area contributed by atoms with E-state index in [2.05, 4.69) is 5.32 Å². The molecular weight excluding hydrogens is 340 g/mol. The summed E-state index contributed by atoms with van der Waals surface area (Å²) in [6.45, 7) is 5.72. The summed E-state index contributed by atoms with van der Waals surface area (Å²) in [4.78, 5) is 25.0. The van der Waals surface area contributed by atoms with Crippen molar-refractivity contribution in [3.8, 4) is 11.5 Å². The highest BCUT2D eigenvalue weighted by Crippen LogP contribution is 2.28. The van der Waals surface area contributed by atoms with Crippen LogP contribution in [0.1, 0.15) is 26.3 Å². The number of hydrogen-bond acceptors (Lipinski definition) is 6. The van der Waals surface area contributed by atoms with E-state index in [1.807, 2.05) is 6.07 Å². The smallest absolute Gasteiger partial charge is 0.407 e. The summed E-state index contributed by atoms with van der Waals surface area (Å²) < 4.78 is 16.0. The maximum atomic E-state index is 12.7. The van der Waals surface area contributed by atoms with Gasteiger partial charge in [-0.2, -0.15) is 0 Å². The van der Waals surface area contributed by atoms with Crippen molar-refractivity contribution in [1.82, 2.24) is 10.2 Å². The van der Waals surface area contributed by atoms with Gasteiger partial charge < -0.3 is 24.2 Å². The third kappa shape index (κ3) is 4.37. The molecule has 2 rings (SSSR count). The van der Waals surface area contributed by atoms with Crippen molar-refractivity contribution in [3.63, 3.8) is 0 Å². The van der Waals surface area contributed by atoms with Crippen LogP contribution in [0.3, 0.4) is 0 Å². The molecule has 8 heteroatoms. The highest BCUT2D eigenvalue weighted by atomic mass is 16.6. The number of carbonyl (C=O) groups excluding carboxylic acids is 1. The zero-order valence-electron chi connectivity index (χ0n) is 15.8. The number of rotatable bonds is 6. The van der Waals surface area contributed by atoms with Gasteiger partial charge in [0.25, 0.3) is 0 Å². The fourth-order valence-corrected chi connectivity index (χ4v) is 2.69.